The van der Waals surface area contributed by atoms with Crippen LogP contribution in [0.15, 0.2) is 0 Å². The Morgan fingerprint density at radius 1 is 1.36 bits per heavy atom. The van der Waals surface area contributed by atoms with Gasteiger partial charge in [-0.25, -0.2) is 0 Å². The van der Waals surface area contributed by atoms with Gasteiger partial charge in [-0.15, -0.1) is 17.1 Å². The number of rotatable bonds is 4. The van der Waals surface area contributed by atoms with Crippen molar-refractivity contribution in [3.05, 3.63) is 0 Å². The summed E-state index contributed by atoms with van der Waals surface area (Å²) in [6, 6.07) is 0. The van der Waals surface area contributed by atoms with E-state index >= 15 is 0 Å². The number of halogens is 1. The minimum absolute atomic E-state index is 0.395. The van der Waals surface area contributed by atoms with Crippen molar-refractivity contribution < 1.29 is 5.11 Å². The van der Waals surface area contributed by atoms with E-state index in [1.807, 2.05) is 0 Å². The Balaban J connectivity index is 4.04. The zero-order valence-electron chi connectivity index (χ0n) is 9.60. The quantitative estimate of drug-likeness (QED) is 0.449. The van der Waals surface area contributed by atoms with Gasteiger partial charge in [0.2, 0.25) is 0 Å². The summed E-state index contributed by atoms with van der Waals surface area (Å²) in [6.07, 6.45) is 2.38. The van der Waals surface area contributed by atoms with E-state index in [2.05, 4.69) is 38.0 Å². The average molecular weight is 233 g/mol. The maximum atomic E-state index is 9.63. The molecule has 0 radical (unpaired) electrons. The predicted octanol–water partition coefficient (Wildman–Crippen LogP) is 3.03. The fraction of sp³-hybridized carbons (Fsp3) is 0.818. The van der Waals surface area contributed by atoms with Crippen LogP contribution in [0.5, 0.6) is 0 Å². The van der Waals surface area contributed by atoms with Crippen LogP contribution in [-0.2, 0) is 0 Å². The van der Waals surface area contributed by atoms with Crippen molar-refractivity contribution in [2.75, 3.05) is 0 Å². The summed E-state index contributed by atoms with van der Waals surface area (Å²) >= 11 is 5.97. The summed E-state index contributed by atoms with van der Waals surface area (Å²) in [5, 5.41) is 9.23. The molecule has 82 valence electrons. The lowest BCUT2D eigenvalue weighted by Gasteiger charge is -2.12. The number of aliphatic hydroxyl groups is 1. The first-order valence-corrected chi connectivity index (χ1v) is 9.15. The molecule has 0 spiro atoms. The van der Waals surface area contributed by atoms with E-state index in [0.29, 0.717) is 0 Å². The molecule has 0 amide bonds. The Morgan fingerprint density at radius 2 is 1.93 bits per heavy atom. The largest absolute Gasteiger partial charge is 0.391 e. The third-order valence-corrected chi connectivity index (χ3v) is 3.07. The molecule has 0 saturated heterocycles. The van der Waals surface area contributed by atoms with Crippen LogP contribution in [-0.4, -0.2) is 24.7 Å². The van der Waals surface area contributed by atoms with Crippen LogP contribution in [0.4, 0.5) is 0 Å². The minimum atomic E-state index is -1.35. The van der Waals surface area contributed by atoms with Gasteiger partial charge in [0.1, 0.15) is 13.5 Å². The molecule has 0 aromatic carbocycles. The van der Waals surface area contributed by atoms with Gasteiger partial charge < -0.3 is 5.11 Å². The van der Waals surface area contributed by atoms with Crippen LogP contribution < -0.4 is 0 Å². The minimum Gasteiger partial charge on any atom is -0.391 e. The number of hydrogen-bond acceptors (Lipinski definition) is 1. The lowest BCUT2D eigenvalue weighted by atomic mass is 10.1. The summed E-state index contributed by atoms with van der Waals surface area (Å²) in [5.41, 5.74) is 3.18. The Kier molecular flexibility index (Phi) is 6.51. The molecule has 14 heavy (non-hydrogen) atoms. The van der Waals surface area contributed by atoms with E-state index in [1.54, 1.807) is 0 Å². The third-order valence-electron chi connectivity index (χ3n) is 1.78. The van der Waals surface area contributed by atoms with Gasteiger partial charge in [-0.2, -0.15) is 0 Å². The molecule has 3 heteroatoms. The number of aliphatic hydroxyl groups excluding tert-OH is 1. The summed E-state index contributed by atoms with van der Waals surface area (Å²) in [4.78, 5) is 0. The molecular formula is C11H21ClOSi. The zero-order valence-corrected chi connectivity index (χ0v) is 11.4. The van der Waals surface area contributed by atoms with Gasteiger partial charge in [0, 0.05) is 0 Å². The normalized spacial score (nSPS) is 15.6. The molecular weight excluding hydrogens is 212 g/mol. The average Bonchev–Trinajstić information content (AvgIpc) is 2.09. The van der Waals surface area contributed by atoms with Gasteiger partial charge in [-0.05, 0) is 6.42 Å². The molecule has 0 fully saturated rings. The fourth-order valence-corrected chi connectivity index (χ4v) is 1.80. The number of unbranched alkanes of at least 4 members (excludes halogenated alkanes) is 1. The second kappa shape index (κ2) is 6.50. The first kappa shape index (κ1) is 14.0. The number of hydrogen-bond donors (Lipinski definition) is 1. The first-order chi connectivity index (χ1) is 6.37. The van der Waals surface area contributed by atoms with Gasteiger partial charge in [-0.3, -0.25) is 0 Å². The molecule has 0 aromatic rings. The zero-order chi connectivity index (χ0) is 11.2. The highest BCUT2D eigenvalue weighted by atomic mass is 35.5. The smallest absolute Gasteiger partial charge is 0.129 e. The van der Waals surface area contributed by atoms with Gasteiger partial charge in [0.25, 0.3) is 0 Å². The monoisotopic (exact) mass is 232 g/mol. The van der Waals surface area contributed by atoms with Crippen LogP contribution in [0.3, 0.4) is 0 Å². The lowest BCUT2D eigenvalue weighted by molar-refractivity contribution is 0.170. The summed E-state index contributed by atoms with van der Waals surface area (Å²) in [5.74, 6) is 2.96. The molecule has 0 heterocycles. The van der Waals surface area contributed by atoms with Crippen LogP contribution in [0, 0.1) is 11.5 Å². The van der Waals surface area contributed by atoms with E-state index in [9.17, 15) is 5.11 Å². The number of alkyl halides is 1. The van der Waals surface area contributed by atoms with Crippen molar-refractivity contribution in [3.8, 4) is 11.5 Å². The van der Waals surface area contributed by atoms with E-state index in [1.165, 1.54) is 0 Å². The SMILES string of the molecule is CCCC[C@H](O)[C@H](Cl)C#C[Si](C)(C)C. The first-order valence-electron chi connectivity index (χ1n) is 5.21. The second-order valence-corrected chi connectivity index (χ2v) is 9.85. The van der Waals surface area contributed by atoms with Crippen molar-refractivity contribution in [3.63, 3.8) is 0 Å². The standard InChI is InChI=1S/C11H21ClOSi/c1-5-6-7-11(13)10(12)8-9-14(2,3)4/h10-11,13H,5-7H2,1-4H3/t10-,11+/m1/s1. The van der Waals surface area contributed by atoms with Gasteiger partial charge >= 0.3 is 0 Å². The maximum Gasteiger partial charge on any atom is 0.129 e. The molecule has 0 unspecified atom stereocenters. The van der Waals surface area contributed by atoms with Crippen molar-refractivity contribution in [2.45, 2.75) is 57.3 Å². The van der Waals surface area contributed by atoms with Crippen molar-refractivity contribution in [1.29, 1.82) is 0 Å². The Labute approximate surface area is 93.9 Å². The van der Waals surface area contributed by atoms with Gasteiger partial charge in [0.05, 0.1) is 6.10 Å². The fourth-order valence-electron chi connectivity index (χ4n) is 0.941. The third kappa shape index (κ3) is 7.43. The van der Waals surface area contributed by atoms with Crippen molar-refractivity contribution in [2.24, 2.45) is 0 Å². The van der Waals surface area contributed by atoms with Gasteiger partial charge in [-0.1, -0.05) is 45.3 Å². The summed E-state index contributed by atoms with van der Waals surface area (Å²) in [6.45, 7) is 8.61. The Morgan fingerprint density at radius 3 is 2.36 bits per heavy atom. The molecule has 0 rings (SSSR count). The van der Waals surface area contributed by atoms with E-state index in [0.717, 1.165) is 19.3 Å². The van der Waals surface area contributed by atoms with E-state index in [-0.39, 0.29) is 0 Å². The summed E-state index contributed by atoms with van der Waals surface area (Å²) < 4.78 is 0. The molecule has 0 bridgehead atoms. The van der Waals surface area contributed by atoms with Crippen molar-refractivity contribution >= 4 is 19.7 Å². The molecule has 0 aliphatic rings. The van der Waals surface area contributed by atoms with Crippen LogP contribution in [0.2, 0.25) is 19.6 Å². The van der Waals surface area contributed by atoms with E-state index < -0.39 is 19.6 Å². The van der Waals surface area contributed by atoms with Crippen molar-refractivity contribution in [1.82, 2.24) is 0 Å². The lowest BCUT2D eigenvalue weighted by Crippen LogP contribution is -2.22. The van der Waals surface area contributed by atoms with Gasteiger partial charge in [0.15, 0.2) is 0 Å². The molecule has 0 aliphatic heterocycles. The second-order valence-electron chi connectivity index (χ2n) is 4.63. The highest BCUT2D eigenvalue weighted by molar-refractivity contribution is 6.83. The highest BCUT2D eigenvalue weighted by Crippen LogP contribution is 2.10. The molecule has 1 nitrogen and oxygen atoms in total. The summed E-state index contributed by atoms with van der Waals surface area (Å²) in [7, 11) is -1.35. The van der Waals surface area contributed by atoms with E-state index in [4.69, 9.17) is 11.6 Å². The Bertz CT molecular complexity index is 212. The topological polar surface area (TPSA) is 20.2 Å². The predicted molar refractivity (Wildman–Crippen MR) is 66.3 cm³/mol. The van der Waals surface area contributed by atoms with Crippen LogP contribution in [0.1, 0.15) is 26.2 Å². The van der Waals surface area contributed by atoms with Crippen LogP contribution in [0.25, 0.3) is 0 Å². The molecule has 0 saturated carbocycles. The Hall–Kier alpha value is 0.0269. The van der Waals surface area contributed by atoms with Crippen LogP contribution >= 0.6 is 11.6 Å². The molecule has 2 atom stereocenters. The maximum absolute atomic E-state index is 9.63. The highest BCUT2D eigenvalue weighted by Gasteiger charge is 2.14. The molecule has 0 aromatic heterocycles. The molecule has 0 aliphatic carbocycles. The molecule has 1 N–H and O–H groups in total.